The van der Waals surface area contributed by atoms with Crippen molar-refractivity contribution in [1.82, 2.24) is 9.97 Å². The summed E-state index contributed by atoms with van der Waals surface area (Å²) in [5.74, 6) is 1.66. The van der Waals surface area contributed by atoms with Gasteiger partial charge in [-0.2, -0.15) is 4.98 Å². The fourth-order valence-electron chi connectivity index (χ4n) is 2.68. The third-order valence-electron chi connectivity index (χ3n) is 3.65. The fourth-order valence-corrected chi connectivity index (χ4v) is 2.68. The second kappa shape index (κ2) is 7.57. The molecule has 0 radical (unpaired) electrons. The number of ether oxygens (including phenoxy) is 2. The Bertz CT molecular complexity index is 715. The Labute approximate surface area is 148 Å². The van der Waals surface area contributed by atoms with Gasteiger partial charge in [-0.1, -0.05) is 0 Å². The van der Waals surface area contributed by atoms with Crippen molar-refractivity contribution in [3.63, 3.8) is 0 Å². The third kappa shape index (κ3) is 4.51. The van der Waals surface area contributed by atoms with E-state index in [0.717, 1.165) is 11.1 Å². The molecule has 5 N–H and O–H groups in total. The molecule has 0 unspecified atom stereocenters. The standard InChI is InChI=1S/C18H26N4O3/c1-5-24-13-8-11(7-12-10-21-17(20)22-16(12)19)9-14(25-6-2)15(13)18(3,4)23/h8-10,23H,5-7H2,1-4H3,(H4,19,20,21,22). The summed E-state index contributed by atoms with van der Waals surface area (Å²) in [5, 5.41) is 10.5. The predicted octanol–water partition coefficient (Wildman–Crippen LogP) is 2.26. The largest absolute Gasteiger partial charge is 0.493 e. The van der Waals surface area contributed by atoms with E-state index in [0.29, 0.717) is 42.5 Å². The van der Waals surface area contributed by atoms with E-state index in [2.05, 4.69) is 9.97 Å². The van der Waals surface area contributed by atoms with E-state index in [1.54, 1.807) is 20.0 Å². The van der Waals surface area contributed by atoms with Gasteiger partial charge in [-0.25, -0.2) is 4.98 Å². The third-order valence-corrected chi connectivity index (χ3v) is 3.65. The van der Waals surface area contributed by atoms with Gasteiger partial charge >= 0.3 is 0 Å². The molecule has 0 amide bonds. The molecule has 0 aliphatic carbocycles. The van der Waals surface area contributed by atoms with Crippen LogP contribution in [0.3, 0.4) is 0 Å². The van der Waals surface area contributed by atoms with E-state index < -0.39 is 5.60 Å². The van der Waals surface area contributed by atoms with Gasteiger partial charge in [-0.15, -0.1) is 0 Å². The minimum absolute atomic E-state index is 0.142. The molecule has 0 saturated carbocycles. The van der Waals surface area contributed by atoms with Crippen molar-refractivity contribution < 1.29 is 14.6 Å². The first-order valence-electron chi connectivity index (χ1n) is 8.28. The summed E-state index contributed by atoms with van der Waals surface area (Å²) in [5.41, 5.74) is 12.7. The van der Waals surface area contributed by atoms with Gasteiger partial charge in [-0.3, -0.25) is 0 Å². The van der Waals surface area contributed by atoms with E-state index >= 15 is 0 Å². The van der Waals surface area contributed by atoms with E-state index in [4.69, 9.17) is 20.9 Å². The van der Waals surface area contributed by atoms with Gasteiger partial charge in [0.05, 0.1) is 24.4 Å². The highest BCUT2D eigenvalue weighted by Crippen LogP contribution is 2.39. The minimum Gasteiger partial charge on any atom is -0.493 e. The van der Waals surface area contributed by atoms with E-state index in [-0.39, 0.29) is 5.95 Å². The summed E-state index contributed by atoms with van der Waals surface area (Å²) in [7, 11) is 0. The molecular weight excluding hydrogens is 320 g/mol. The van der Waals surface area contributed by atoms with Crippen LogP contribution in [0.25, 0.3) is 0 Å². The molecule has 1 aromatic heterocycles. The van der Waals surface area contributed by atoms with Gasteiger partial charge < -0.3 is 26.0 Å². The Hall–Kier alpha value is -2.54. The van der Waals surface area contributed by atoms with Crippen LogP contribution in [0.5, 0.6) is 11.5 Å². The lowest BCUT2D eigenvalue weighted by Gasteiger charge is -2.25. The Morgan fingerprint density at radius 1 is 1.08 bits per heavy atom. The number of nitrogen functional groups attached to an aromatic ring is 2. The molecule has 0 fully saturated rings. The molecule has 7 nitrogen and oxygen atoms in total. The molecule has 0 aliphatic rings. The van der Waals surface area contributed by atoms with E-state index in [1.165, 1.54) is 0 Å². The van der Waals surface area contributed by atoms with Crippen LogP contribution in [-0.4, -0.2) is 28.3 Å². The number of aromatic nitrogens is 2. The zero-order valence-corrected chi connectivity index (χ0v) is 15.2. The fraction of sp³-hybridized carbons (Fsp3) is 0.444. The summed E-state index contributed by atoms with van der Waals surface area (Å²) in [6.45, 7) is 8.16. The maximum atomic E-state index is 10.5. The minimum atomic E-state index is -1.10. The monoisotopic (exact) mass is 346 g/mol. The number of rotatable bonds is 7. The van der Waals surface area contributed by atoms with Crippen molar-refractivity contribution in [3.8, 4) is 11.5 Å². The number of aliphatic hydroxyl groups is 1. The van der Waals surface area contributed by atoms with Gasteiger partial charge in [0.15, 0.2) is 0 Å². The summed E-state index contributed by atoms with van der Waals surface area (Å²) >= 11 is 0. The summed E-state index contributed by atoms with van der Waals surface area (Å²) in [6, 6.07) is 3.77. The Balaban J connectivity index is 2.51. The van der Waals surface area contributed by atoms with Gasteiger partial charge in [0.1, 0.15) is 17.3 Å². The molecule has 0 spiro atoms. The maximum Gasteiger partial charge on any atom is 0.221 e. The smallest absolute Gasteiger partial charge is 0.221 e. The number of nitrogens with two attached hydrogens (primary N) is 2. The van der Waals surface area contributed by atoms with Crippen LogP contribution >= 0.6 is 0 Å². The highest BCUT2D eigenvalue weighted by atomic mass is 16.5. The van der Waals surface area contributed by atoms with E-state index in [9.17, 15) is 5.11 Å². The van der Waals surface area contributed by atoms with Crippen LogP contribution < -0.4 is 20.9 Å². The van der Waals surface area contributed by atoms with E-state index in [1.807, 2.05) is 26.0 Å². The second-order valence-electron chi connectivity index (χ2n) is 6.21. The Kier molecular flexibility index (Phi) is 5.69. The molecule has 0 aliphatic heterocycles. The Morgan fingerprint density at radius 2 is 1.64 bits per heavy atom. The summed E-state index contributed by atoms with van der Waals surface area (Å²) in [6.07, 6.45) is 2.11. The van der Waals surface area contributed by atoms with Crippen molar-refractivity contribution in [2.24, 2.45) is 0 Å². The number of anilines is 2. The van der Waals surface area contributed by atoms with Crippen LogP contribution in [0.1, 0.15) is 44.4 Å². The van der Waals surface area contributed by atoms with Gasteiger partial charge in [0, 0.05) is 18.2 Å². The van der Waals surface area contributed by atoms with Crippen LogP contribution in [0.4, 0.5) is 11.8 Å². The predicted molar refractivity (Wildman–Crippen MR) is 97.7 cm³/mol. The van der Waals surface area contributed by atoms with Gasteiger partial charge in [0.2, 0.25) is 5.95 Å². The van der Waals surface area contributed by atoms with Gasteiger partial charge in [-0.05, 0) is 45.4 Å². The lowest BCUT2D eigenvalue weighted by molar-refractivity contribution is 0.0711. The van der Waals surface area contributed by atoms with Crippen molar-refractivity contribution in [1.29, 1.82) is 0 Å². The summed E-state index contributed by atoms with van der Waals surface area (Å²) < 4.78 is 11.5. The highest BCUT2D eigenvalue weighted by molar-refractivity contribution is 5.53. The van der Waals surface area contributed by atoms with Crippen LogP contribution in [0, 0.1) is 0 Å². The average molecular weight is 346 g/mol. The first-order chi connectivity index (χ1) is 11.8. The van der Waals surface area contributed by atoms with Crippen LogP contribution in [-0.2, 0) is 12.0 Å². The molecule has 2 aromatic rings. The maximum absolute atomic E-state index is 10.5. The number of nitrogens with zero attached hydrogens (tertiary/aromatic N) is 2. The number of hydrogen-bond donors (Lipinski definition) is 3. The van der Waals surface area contributed by atoms with Crippen LogP contribution in [0.2, 0.25) is 0 Å². The molecule has 1 aromatic carbocycles. The van der Waals surface area contributed by atoms with Crippen molar-refractivity contribution >= 4 is 11.8 Å². The molecule has 25 heavy (non-hydrogen) atoms. The molecule has 7 heteroatoms. The van der Waals surface area contributed by atoms with Crippen molar-refractivity contribution in [2.45, 2.75) is 39.7 Å². The first-order valence-corrected chi connectivity index (χ1v) is 8.28. The number of hydrogen-bond acceptors (Lipinski definition) is 7. The highest BCUT2D eigenvalue weighted by Gasteiger charge is 2.27. The molecule has 136 valence electrons. The summed E-state index contributed by atoms with van der Waals surface area (Å²) in [4.78, 5) is 7.98. The average Bonchev–Trinajstić information content (AvgIpc) is 2.49. The SMILES string of the molecule is CCOc1cc(Cc2cnc(N)nc2N)cc(OCC)c1C(C)(C)O. The quantitative estimate of drug-likeness (QED) is 0.704. The second-order valence-corrected chi connectivity index (χ2v) is 6.21. The molecule has 0 saturated heterocycles. The normalized spacial score (nSPS) is 11.4. The molecule has 2 rings (SSSR count). The molecular formula is C18H26N4O3. The van der Waals surface area contributed by atoms with Crippen molar-refractivity contribution in [2.75, 3.05) is 24.7 Å². The molecule has 0 bridgehead atoms. The zero-order chi connectivity index (χ0) is 18.6. The molecule has 0 atom stereocenters. The first kappa shape index (κ1) is 18.8. The van der Waals surface area contributed by atoms with Crippen molar-refractivity contribution in [3.05, 3.63) is 35.0 Å². The van der Waals surface area contributed by atoms with Gasteiger partial charge in [0.25, 0.3) is 0 Å². The molecule has 1 heterocycles. The Morgan fingerprint density at radius 3 is 2.08 bits per heavy atom. The zero-order valence-electron chi connectivity index (χ0n) is 15.2. The topological polar surface area (TPSA) is 117 Å². The lowest BCUT2D eigenvalue weighted by Crippen LogP contribution is -2.19. The van der Waals surface area contributed by atoms with Crippen LogP contribution in [0.15, 0.2) is 18.3 Å². The lowest BCUT2D eigenvalue weighted by atomic mass is 9.93. The number of benzene rings is 1.